The minimum Gasteiger partial charge on any atom is -0.396 e. The number of nitrogens with two attached hydrogens (primary N) is 1. The van der Waals surface area contributed by atoms with E-state index in [9.17, 15) is 9.18 Å². The van der Waals surface area contributed by atoms with Crippen molar-refractivity contribution in [3.63, 3.8) is 0 Å². The monoisotopic (exact) mass is 478 g/mol. The van der Waals surface area contributed by atoms with Crippen molar-refractivity contribution in [1.29, 1.82) is 0 Å². The van der Waals surface area contributed by atoms with Gasteiger partial charge in [-0.05, 0) is 63.0 Å². The third-order valence-electron chi connectivity index (χ3n) is 3.33. The summed E-state index contributed by atoms with van der Waals surface area (Å²) in [7, 11) is 0. The molecule has 0 saturated carbocycles. The lowest BCUT2D eigenvalue weighted by atomic mass is 10.0. The molecule has 0 aliphatic rings. The maximum Gasteiger partial charge on any atom is 0.196 e. The molecule has 0 aromatic heterocycles. The summed E-state index contributed by atoms with van der Waals surface area (Å²) < 4.78 is 14.3. The maximum absolute atomic E-state index is 13.5. The molecule has 2 rings (SSSR count). The van der Waals surface area contributed by atoms with Gasteiger partial charge in [0.25, 0.3) is 0 Å². The Labute approximate surface area is 160 Å². The fourth-order valence-corrected chi connectivity index (χ4v) is 3.76. The molecular formula is C16H14Br2ClFN2O2. The topological polar surface area (TPSA) is 75.3 Å². The molecule has 0 fully saturated rings. The van der Waals surface area contributed by atoms with Gasteiger partial charge in [0, 0.05) is 16.1 Å². The number of nitrogen functional groups attached to an aromatic ring is 1. The molecule has 4 nitrogen and oxygen atoms in total. The van der Waals surface area contributed by atoms with Crippen LogP contribution in [0.2, 0.25) is 5.02 Å². The van der Waals surface area contributed by atoms with Gasteiger partial charge in [-0.1, -0.05) is 11.6 Å². The van der Waals surface area contributed by atoms with Crippen LogP contribution in [0.5, 0.6) is 0 Å². The van der Waals surface area contributed by atoms with E-state index in [1.54, 1.807) is 13.0 Å². The first kappa shape index (κ1) is 19.2. The van der Waals surface area contributed by atoms with Gasteiger partial charge in [-0.25, -0.2) is 4.39 Å². The lowest BCUT2D eigenvalue weighted by Gasteiger charge is -2.18. The van der Waals surface area contributed by atoms with Crippen LogP contribution >= 0.6 is 43.5 Å². The zero-order valence-electron chi connectivity index (χ0n) is 12.5. The lowest BCUT2D eigenvalue weighted by Crippen LogP contribution is -2.20. The van der Waals surface area contributed by atoms with Gasteiger partial charge in [0.15, 0.2) is 5.78 Å². The molecule has 128 valence electrons. The third kappa shape index (κ3) is 3.91. The zero-order valence-corrected chi connectivity index (χ0v) is 16.5. The van der Waals surface area contributed by atoms with E-state index in [0.29, 0.717) is 20.3 Å². The van der Waals surface area contributed by atoms with Crippen molar-refractivity contribution in [3.05, 3.63) is 55.2 Å². The van der Waals surface area contributed by atoms with E-state index in [1.165, 1.54) is 12.1 Å². The van der Waals surface area contributed by atoms with E-state index >= 15 is 0 Å². The Kier molecular flexibility index (Phi) is 6.25. The fraction of sp³-hybridized carbons (Fsp3) is 0.188. The van der Waals surface area contributed by atoms with Crippen LogP contribution in [-0.2, 0) is 0 Å². The normalized spacial score (nSPS) is 12.1. The highest BCUT2D eigenvalue weighted by atomic mass is 79.9. The van der Waals surface area contributed by atoms with Gasteiger partial charge in [0.1, 0.15) is 5.82 Å². The van der Waals surface area contributed by atoms with Crippen molar-refractivity contribution >= 4 is 60.6 Å². The highest BCUT2D eigenvalue weighted by Gasteiger charge is 2.23. The van der Waals surface area contributed by atoms with Crippen molar-refractivity contribution in [1.82, 2.24) is 0 Å². The van der Waals surface area contributed by atoms with Gasteiger partial charge >= 0.3 is 0 Å². The Hall–Kier alpha value is -1.15. The first-order chi connectivity index (χ1) is 11.3. The van der Waals surface area contributed by atoms with Crippen LogP contribution < -0.4 is 11.1 Å². The first-order valence-corrected chi connectivity index (χ1v) is 8.87. The molecule has 2 aromatic carbocycles. The van der Waals surface area contributed by atoms with Crippen molar-refractivity contribution in [2.45, 2.75) is 13.0 Å². The Morgan fingerprint density at radius 2 is 2.08 bits per heavy atom. The fourth-order valence-electron chi connectivity index (χ4n) is 2.08. The minimum absolute atomic E-state index is 0.0434. The largest absolute Gasteiger partial charge is 0.396 e. The quantitative estimate of drug-likeness (QED) is 0.432. The van der Waals surface area contributed by atoms with Gasteiger partial charge in [-0.3, -0.25) is 4.79 Å². The van der Waals surface area contributed by atoms with Crippen LogP contribution in [0, 0.1) is 5.82 Å². The molecule has 0 radical (unpaired) electrons. The summed E-state index contributed by atoms with van der Waals surface area (Å²) in [6.45, 7) is 1.71. The molecule has 2 aromatic rings. The summed E-state index contributed by atoms with van der Waals surface area (Å²) in [5.74, 6) is -1.02. The maximum atomic E-state index is 13.5. The molecule has 24 heavy (non-hydrogen) atoms. The van der Waals surface area contributed by atoms with E-state index in [2.05, 4.69) is 37.2 Å². The molecule has 1 atom stereocenters. The number of anilines is 2. The highest BCUT2D eigenvalue weighted by Crippen LogP contribution is 2.39. The van der Waals surface area contributed by atoms with Gasteiger partial charge in [0.05, 0.1) is 33.0 Å². The van der Waals surface area contributed by atoms with Crippen molar-refractivity contribution in [3.8, 4) is 0 Å². The van der Waals surface area contributed by atoms with E-state index in [-0.39, 0.29) is 28.8 Å². The summed E-state index contributed by atoms with van der Waals surface area (Å²) in [5, 5.41) is 12.3. The Balaban J connectivity index is 2.53. The predicted octanol–water partition coefficient (Wildman–Crippen LogP) is 4.61. The van der Waals surface area contributed by atoms with E-state index in [0.717, 1.165) is 6.07 Å². The van der Waals surface area contributed by atoms with E-state index in [4.69, 9.17) is 22.4 Å². The second-order valence-corrected chi connectivity index (χ2v) is 7.24. The molecule has 0 heterocycles. The molecule has 0 bridgehead atoms. The van der Waals surface area contributed by atoms with E-state index < -0.39 is 11.6 Å². The Morgan fingerprint density at radius 3 is 2.71 bits per heavy atom. The summed E-state index contributed by atoms with van der Waals surface area (Å²) in [6.07, 6.45) is 0. The van der Waals surface area contributed by atoms with Crippen LogP contribution in [0.1, 0.15) is 22.8 Å². The standard InChI is InChI=1S/C16H14Br2ClFN2O2/c1-7(6-23)22-12-5-10(17)13(14(18)15(12)21)16(24)9-4-8(20)2-3-11(9)19/h2-5,7,22-23H,6,21H2,1H3. The smallest absolute Gasteiger partial charge is 0.196 e. The second kappa shape index (κ2) is 7.82. The number of aliphatic hydroxyl groups is 1. The number of ketones is 1. The SMILES string of the molecule is CC(CO)Nc1cc(Br)c(C(=O)c2cc(F)ccc2Cl)c(Br)c1N. The first-order valence-electron chi connectivity index (χ1n) is 6.90. The zero-order chi connectivity index (χ0) is 18.0. The summed E-state index contributed by atoms with van der Waals surface area (Å²) in [5.41, 5.74) is 7.20. The van der Waals surface area contributed by atoms with Gasteiger partial charge < -0.3 is 16.2 Å². The molecule has 0 aliphatic heterocycles. The molecule has 4 N–H and O–H groups in total. The number of rotatable bonds is 5. The number of carbonyl (C=O) groups excluding carboxylic acids is 1. The average Bonchev–Trinajstić information content (AvgIpc) is 2.54. The predicted molar refractivity (Wildman–Crippen MR) is 101 cm³/mol. The number of aliphatic hydroxyl groups excluding tert-OH is 1. The van der Waals surface area contributed by atoms with Crippen molar-refractivity contribution < 1.29 is 14.3 Å². The third-order valence-corrected chi connectivity index (χ3v) is 5.11. The molecular weight excluding hydrogens is 466 g/mol. The van der Waals surface area contributed by atoms with Crippen molar-refractivity contribution in [2.24, 2.45) is 0 Å². The van der Waals surface area contributed by atoms with E-state index in [1.807, 2.05) is 0 Å². The van der Waals surface area contributed by atoms with Crippen LogP contribution in [0.4, 0.5) is 15.8 Å². The summed E-state index contributed by atoms with van der Waals surface area (Å²) in [6, 6.07) is 5.01. The molecule has 0 saturated heterocycles. The molecule has 1 unspecified atom stereocenters. The van der Waals surface area contributed by atoms with Crippen molar-refractivity contribution in [2.75, 3.05) is 17.7 Å². The van der Waals surface area contributed by atoms with Crippen LogP contribution in [-0.4, -0.2) is 23.5 Å². The second-order valence-electron chi connectivity index (χ2n) is 5.19. The lowest BCUT2D eigenvalue weighted by molar-refractivity contribution is 0.103. The van der Waals surface area contributed by atoms with Gasteiger partial charge in [-0.2, -0.15) is 0 Å². The molecule has 0 spiro atoms. The number of carbonyl (C=O) groups is 1. The van der Waals surface area contributed by atoms with Gasteiger partial charge in [0.2, 0.25) is 0 Å². The number of hydrogen-bond donors (Lipinski definition) is 3. The molecule has 0 aliphatic carbocycles. The number of nitrogens with one attached hydrogen (secondary N) is 1. The number of halogens is 4. The van der Waals surface area contributed by atoms with Crippen LogP contribution in [0.3, 0.4) is 0 Å². The minimum atomic E-state index is -0.557. The highest BCUT2D eigenvalue weighted by molar-refractivity contribution is 9.11. The average molecular weight is 481 g/mol. The summed E-state index contributed by atoms with van der Waals surface area (Å²) in [4.78, 5) is 12.8. The molecule has 0 amide bonds. The van der Waals surface area contributed by atoms with Crippen LogP contribution in [0.25, 0.3) is 0 Å². The molecule has 8 heteroatoms. The Bertz CT molecular complexity index is 802. The Morgan fingerprint density at radius 1 is 1.42 bits per heavy atom. The van der Waals surface area contributed by atoms with Gasteiger partial charge in [-0.15, -0.1) is 0 Å². The number of hydrogen-bond acceptors (Lipinski definition) is 4. The van der Waals surface area contributed by atoms with Crippen LogP contribution in [0.15, 0.2) is 33.2 Å². The summed E-state index contributed by atoms with van der Waals surface area (Å²) >= 11 is 12.7. The number of benzene rings is 2.